The molecule has 0 saturated heterocycles. The van der Waals surface area contributed by atoms with Crippen LogP contribution in [0.25, 0.3) is 11.1 Å². The molecule has 5 heteroatoms. The molecule has 0 saturated carbocycles. The van der Waals surface area contributed by atoms with Crippen LogP contribution in [0.5, 0.6) is 0 Å². The molecule has 58 valence electrons. The third-order valence-electron chi connectivity index (χ3n) is 1.47. The number of H-pyrrole nitrogens is 1. The van der Waals surface area contributed by atoms with Gasteiger partial charge >= 0.3 is 35.5 Å². The molecule has 0 amide bonds. The molecule has 0 atom stereocenters. The van der Waals surface area contributed by atoms with E-state index in [2.05, 4.69) is 4.98 Å². The summed E-state index contributed by atoms with van der Waals surface area (Å²) in [4.78, 5) is 13.1. The molecular weight excluding hydrogens is 169 g/mol. The van der Waals surface area contributed by atoms with Gasteiger partial charge in [0.2, 0.25) is 0 Å². The van der Waals surface area contributed by atoms with Crippen molar-refractivity contribution in [2.75, 3.05) is 0 Å². The molecule has 0 spiro atoms. The molecular formula is C7H6NNaO3. The van der Waals surface area contributed by atoms with Gasteiger partial charge in [-0.3, -0.25) is 0 Å². The van der Waals surface area contributed by atoms with Gasteiger partial charge in [-0.15, -0.1) is 0 Å². The summed E-state index contributed by atoms with van der Waals surface area (Å²) in [5.74, 6) is -0.976. The van der Waals surface area contributed by atoms with E-state index >= 15 is 0 Å². The number of nitrogens with one attached hydrogen (secondary N) is 1. The molecule has 0 unspecified atom stereocenters. The van der Waals surface area contributed by atoms with Crippen LogP contribution in [0.15, 0.2) is 22.8 Å². The monoisotopic (exact) mass is 175 g/mol. The van der Waals surface area contributed by atoms with E-state index in [9.17, 15) is 4.79 Å². The van der Waals surface area contributed by atoms with Crippen LogP contribution in [0.4, 0.5) is 0 Å². The van der Waals surface area contributed by atoms with E-state index in [-0.39, 0.29) is 36.7 Å². The average molecular weight is 175 g/mol. The second kappa shape index (κ2) is 3.35. The maximum Gasteiger partial charge on any atom is 1.00 e. The molecule has 0 radical (unpaired) electrons. The number of furan rings is 1. The van der Waals surface area contributed by atoms with Gasteiger partial charge in [0.25, 0.3) is 0 Å². The van der Waals surface area contributed by atoms with Crippen molar-refractivity contribution in [1.29, 1.82) is 0 Å². The minimum absolute atomic E-state index is 0. The summed E-state index contributed by atoms with van der Waals surface area (Å²) in [6.07, 6.45) is 1.51. The Morgan fingerprint density at radius 2 is 2.42 bits per heavy atom. The number of aromatic nitrogens is 1. The molecule has 2 aromatic heterocycles. The van der Waals surface area contributed by atoms with Crippen LogP contribution in [0, 0.1) is 0 Å². The number of hydrogen-bond donors (Lipinski definition) is 2. The minimum atomic E-state index is -0.976. The second-order valence-corrected chi connectivity index (χ2v) is 2.19. The standard InChI is InChI=1S/C7H5NO3.Na.H/c9-7(10)5-3-6-4(8-5)1-2-11-6;;/h1-3,8H,(H,9,10);;/q;+1;-1. The molecule has 2 aromatic rings. The number of fused-ring (bicyclic) bond motifs is 1. The number of carbonyl (C=O) groups is 1. The number of carboxylic acid groups (broad SMARTS) is 1. The topological polar surface area (TPSA) is 66.2 Å². The molecule has 0 fully saturated rings. The Labute approximate surface area is 91.3 Å². The summed E-state index contributed by atoms with van der Waals surface area (Å²) in [7, 11) is 0. The van der Waals surface area contributed by atoms with Crippen molar-refractivity contribution < 1.29 is 45.3 Å². The Balaban J connectivity index is 0.000000720. The number of rotatable bonds is 1. The van der Waals surface area contributed by atoms with Crippen molar-refractivity contribution in [3.05, 3.63) is 24.1 Å². The fourth-order valence-corrected chi connectivity index (χ4v) is 0.963. The molecule has 0 bridgehead atoms. The van der Waals surface area contributed by atoms with Crippen LogP contribution in [0.3, 0.4) is 0 Å². The summed E-state index contributed by atoms with van der Waals surface area (Å²) in [5, 5.41) is 8.53. The first-order valence-electron chi connectivity index (χ1n) is 3.07. The van der Waals surface area contributed by atoms with Gasteiger partial charge in [-0.2, -0.15) is 0 Å². The van der Waals surface area contributed by atoms with Gasteiger partial charge in [-0.05, 0) is 0 Å². The van der Waals surface area contributed by atoms with Gasteiger partial charge in [-0.1, -0.05) is 0 Å². The number of aromatic carboxylic acids is 1. The predicted molar refractivity (Wildman–Crippen MR) is 38.6 cm³/mol. The number of carboxylic acids is 1. The van der Waals surface area contributed by atoms with Crippen molar-refractivity contribution in [2.45, 2.75) is 0 Å². The van der Waals surface area contributed by atoms with Crippen molar-refractivity contribution in [3.63, 3.8) is 0 Å². The van der Waals surface area contributed by atoms with Gasteiger partial charge in [0, 0.05) is 12.1 Å². The van der Waals surface area contributed by atoms with Gasteiger partial charge in [-0.25, -0.2) is 4.79 Å². The van der Waals surface area contributed by atoms with Crippen LogP contribution in [0.2, 0.25) is 0 Å². The molecule has 0 aliphatic rings. The molecule has 2 N–H and O–H groups in total. The van der Waals surface area contributed by atoms with Gasteiger partial charge < -0.3 is 15.9 Å². The summed E-state index contributed by atoms with van der Waals surface area (Å²) in [6, 6.07) is 3.14. The van der Waals surface area contributed by atoms with E-state index in [0.29, 0.717) is 11.1 Å². The van der Waals surface area contributed by atoms with Crippen molar-refractivity contribution in [1.82, 2.24) is 4.98 Å². The van der Waals surface area contributed by atoms with Crippen LogP contribution in [-0.4, -0.2) is 16.1 Å². The summed E-state index contributed by atoms with van der Waals surface area (Å²) >= 11 is 0. The minimum Gasteiger partial charge on any atom is -1.00 e. The fourth-order valence-electron chi connectivity index (χ4n) is 0.963. The van der Waals surface area contributed by atoms with Crippen LogP contribution >= 0.6 is 0 Å². The van der Waals surface area contributed by atoms with Crippen LogP contribution in [0.1, 0.15) is 11.9 Å². The molecule has 2 rings (SSSR count). The van der Waals surface area contributed by atoms with Crippen molar-refractivity contribution in [2.24, 2.45) is 0 Å². The van der Waals surface area contributed by atoms with Crippen LogP contribution in [-0.2, 0) is 0 Å². The Morgan fingerprint density at radius 3 is 3.00 bits per heavy atom. The number of hydrogen-bond acceptors (Lipinski definition) is 2. The Kier molecular flexibility index (Phi) is 2.62. The summed E-state index contributed by atoms with van der Waals surface area (Å²) in [5.41, 5.74) is 1.43. The molecule has 0 aliphatic carbocycles. The number of aromatic amines is 1. The van der Waals surface area contributed by atoms with E-state index in [1.807, 2.05) is 0 Å². The van der Waals surface area contributed by atoms with Crippen molar-refractivity contribution >= 4 is 17.1 Å². The van der Waals surface area contributed by atoms with E-state index in [4.69, 9.17) is 9.52 Å². The van der Waals surface area contributed by atoms with E-state index < -0.39 is 5.97 Å². The van der Waals surface area contributed by atoms with Gasteiger partial charge in [0.15, 0.2) is 5.58 Å². The first-order chi connectivity index (χ1) is 5.27. The van der Waals surface area contributed by atoms with E-state index in [1.165, 1.54) is 12.3 Å². The second-order valence-electron chi connectivity index (χ2n) is 2.19. The Bertz CT molecular complexity index is 380. The summed E-state index contributed by atoms with van der Waals surface area (Å²) in [6.45, 7) is 0. The van der Waals surface area contributed by atoms with E-state index in [1.54, 1.807) is 6.07 Å². The third kappa shape index (κ3) is 1.41. The first kappa shape index (κ1) is 9.38. The molecule has 12 heavy (non-hydrogen) atoms. The normalized spacial score (nSPS) is 9.67. The zero-order valence-corrected chi connectivity index (χ0v) is 8.50. The molecule has 0 aliphatic heterocycles. The maximum atomic E-state index is 10.4. The first-order valence-corrected chi connectivity index (χ1v) is 3.07. The molecule has 2 heterocycles. The van der Waals surface area contributed by atoms with Gasteiger partial charge in [0.05, 0.1) is 11.8 Å². The Hall–Kier alpha value is -0.710. The third-order valence-corrected chi connectivity index (χ3v) is 1.47. The average Bonchev–Trinajstić information content (AvgIpc) is 2.40. The zero-order chi connectivity index (χ0) is 7.84. The maximum absolute atomic E-state index is 10.4. The fraction of sp³-hybridized carbons (Fsp3) is 0. The smallest absolute Gasteiger partial charge is 1.00 e. The van der Waals surface area contributed by atoms with Crippen LogP contribution < -0.4 is 29.6 Å². The molecule has 0 aromatic carbocycles. The SMILES string of the molecule is O=C(O)c1cc2occc2[nH]1.[H-].[Na+]. The zero-order valence-electron chi connectivity index (χ0n) is 7.50. The van der Waals surface area contributed by atoms with Crippen molar-refractivity contribution in [3.8, 4) is 0 Å². The predicted octanol–water partition coefficient (Wildman–Crippen LogP) is -1.42. The molecule has 4 nitrogen and oxygen atoms in total. The largest absolute Gasteiger partial charge is 1.00 e. The Morgan fingerprint density at radius 1 is 1.67 bits per heavy atom. The quantitative estimate of drug-likeness (QED) is 0.522. The van der Waals surface area contributed by atoms with Gasteiger partial charge in [0.1, 0.15) is 5.69 Å². The van der Waals surface area contributed by atoms with E-state index in [0.717, 1.165) is 0 Å². The summed E-state index contributed by atoms with van der Waals surface area (Å²) < 4.78 is 4.95.